The van der Waals surface area contributed by atoms with Gasteiger partial charge in [0.2, 0.25) is 0 Å². The van der Waals surface area contributed by atoms with E-state index in [9.17, 15) is 13.8 Å². The van der Waals surface area contributed by atoms with Crippen LogP contribution in [0.2, 0.25) is 0 Å². The second-order valence-electron chi connectivity index (χ2n) is 4.84. The van der Waals surface area contributed by atoms with Crippen molar-refractivity contribution in [3.8, 4) is 0 Å². The zero-order valence-corrected chi connectivity index (χ0v) is 12.4. The van der Waals surface area contributed by atoms with Gasteiger partial charge in [-0.15, -0.1) is 0 Å². The number of nitrogens with one attached hydrogen (secondary N) is 2. The molecule has 0 aromatic rings. The van der Waals surface area contributed by atoms with Gasteiger partial charge in [-0.1, -0.05) is 0 Å². The average Bonchev–Trinajstić information content (AvgIpc) is 2.64. The second-order valence-corrected chi connectivity index (χ2v) is 6.39. The van der Waals surface area contributed by atoms with E-state index in [1.807, 2.05) is 6.92 Å². The molecule has 0 radical (unpaired) electrons. The molecule has 1 heterocycles. The highest BCUT2D eigenvalue weighted by Gasteiger charge is 2.23. The van der Waals surface area contributed by atoms with Crippen LogP contribution >= 0.6 is 0 Å². The van der Waals surface area contributed by atoms with Gasteiger partial charge < -0.3 is 15.5 Å². The highest BCUT2D eigenvalue weighted by molar-refractivity contribution is 7.84. The topological polar surface area (TPSA) is 78.5 Å². The average molecular weight is 289 g/mol. The van der Waals surface area contributed by atoms with Gasteiger partial charge >= 0.3 is 11.8 Å². The van der Waals surface area contributed by atoms with E-state index in [0.29, 0.717) is 25.3 Å². The summed E-state index contributed by atoms with van der Waals surface area (Å²) in [4.78, 5) is 25.3. The summed E-state index contributed by atoms with van der Waals surface area (Å²) in [6, 6.07) is -0.134. The van der Waals surface area contributed by atoms with Crippen LogP contribution in [0.25, 0.3) is 0 Å². The third-order valence-electron chi connectivity index (χ3n) is 3.04. The molecule has 19 heavy (non-hydrogen) atoms. The predicted molar refractivity (Wildman–Crippen MR) is 75.2 cm³/mol. The van der Waals surface area contributed by atoms with Crippen molar-refractivity contribution in [1.29, 1.82) is 0 Å². The molecule has 2 N–H and O–H groups in total. The van der Waals surface area contributed by atoms with Gasteiger partial charge in [0, 0.05) is 48.5 Å². The summed E-state index contributed by atoms with van der Waals surface area (Å²) in [6.45, 7) is 4.61. The highest BCUT2D eigenvalue weighted by atomic mass is 32.2. The van der Waals surface area contributed by atoms with E-state index in [-0.39, 0.29) is 6.04 Å². The fourth-order valence-electron chi connectivity index (χ4n) is 1.89. The van der Waals surface area contributed by atoms with Gasteiger partial charge in [-0.2, -0.15) is 0 Å². The van der Waals surface area contributed by atoms with Gasteiger partial charge in [-0.25, -0.2) is 0 Å². The van der Waals surface area contributed by atoms with Gasteiger partial charge in [0.1, 0.15) is 0 Å². The molecule has 1 saturated heterocycles. The van der Waals surface area contributed by atoms with Gasteiger partial charge in [0.25, 0.3) is 0 Å². The number of hydrogen-bond acceptors (Lipinski definition) is 4. The Bertz CT molecular complexity index is 341. The molecule has 6 nitrogen and oxygen atoms in total. The first-order valence-corrected chi connectivity index (χ1v) is 8.34. The lowest BCUT2D eigenvalue weighted by molar-refractivity contribution is -0.146. The predicted octanol–water partition coefficient (Wildman–Crippen LogP) is -0.918. The van der Waals surface area contributed by atoms with Crippen LogP contribution in [-0.2, 0) is 20.4 Å². The Hall–Kier alpha value is -0.950. The number of amides is 2. The Morgan fingerprint density at radius 2 is 2.11 bits per heavy atom. The monoisotopic (exact) mass is 289 g/mol. The van der Waals surface area contributed by atoms with E-state index in [2.05, 4.69) is 10.6 Å². The van der Waals surface area contributed by atoms with E-state index in [4.69, 9.17) is 0 Å². The second kappa shape index (κ2) is 8.27. The first-order chi connectivity index (χ1) is 9.00. The largest absolute Gasteiger partial charge is 0.345 e. The Morgan fingerprint density at radius 1 is 1.37 bits per heavy atom. The fraction of sp³-hybridized carbons (Fsp3) is 0.833. The van der Waals surface area contributed by atoms with Crippen molar-refractivity contribution in [2.75, 3.05) is 38.2 Å². The number of carbonyl (C=O) groups is 2. The lowest BCUT2D eigenvalue weighted by Crippen LogP contribution is -2.47. The third-order valence-corrected chi connectivity index (χ3v) is 3.85. The summed E-state index contributed by atoms with van der Waals surface area (Å²) in [6.07, 6.45) is 3.11. The molecule has 7 heteroatoms. The van der Waals surface area contributed by atoms with Crippen molar-refractivity contribution in [3.63, 3.8) is 0 Å². The molecule has 1 fully saturated rings. The van der Waals surface area contributed by atoms with Crippen molar-refractivity contribution >= 4 is 22.6 Å². The number of carbonyl (C=O) groups excluding carboxylic acids is 2. The fourth-order valence-corrected chi connectivity index (χ4v) is 2.58. The zero-order valence-electron chi connectivity index (χ0n) is 11.6. The van der Waals surface area contributed by atoms with Crippen LogP contribution in [0.1, 0.15) is 19.8 Å². The molecule has 2 atom stereocenters. The normalized spacial score (nSPS) is 19.4. The standard InChI is InChI=1S/C12H23N3O3S/c1-10(4-9-19(2)18)14-11(16)12(17)15-7-3-5-13-6-8-15/h10,13H,3-9H2,1-2H3,(H,14,16). The smallest absolute Gasteiger partial charge is 0.311 e. The number of nitrogens with zero attached hydrogens (tertiary/aromatic N) is 1. The van der Waals surface area contributed by atoms with Gasteiger partial charge in [-0.3, -0.25) is 13.8 Å². The maximum atomic E-state index is 12.0. The van der Waals surface area contributed by atoms with Crippen molar-refractivity contribution in [2.45, 2.75) is 25.8 Å². The number of rotatable bonds is 4. The Morgan fingerprint density at radius 3 is 2.79 bits per heavy atom. The summed E-state index contributed by atoms with van der Waals surface area (Å²) in [7, 11) is -0.873. The molecule has 1 aliphatic heterocycles. The summed E-state index contributed by atoms with van der Waals surface area (Å²) >= 11 is 0. The maximum Gasteiger partial charge on any atom is 0.311 e. The lowest BCUT2D eigenvalue weighted by Gasteiger charge is -2.20. The summed E-state index contributed by atoms with van der Waals surface area (Å²) in [5.74, 6) is -0.493. The summed E-state index contributed by atoms with van der Waals surface area (Å²) in [5, 5.41) is 5.85. The zero-order chi connectivity index (χ0) is 14.3. The lowest BCUT2D eigenvalue weighted by atomic mass is 10.2. The van der Waals surface area contributed by atoms with Crippen LogP contribution in [-0.4, -0.2) is 65.2 Å². The van der Waals surface area contributed by atoms with Crippen molar-refractivity contribution in [3.05, 3.63) is 0 Å². The molecule has 2 amide bonds. The minimum absolute atomic E-state index is 0.134. The molecule has 0 spiro atoms. The van der Waals surface area contributed by atoms with Crippen LogP contribution in [0.3, 0.4) is 0 Å². The Balaban J connectivity index is 2.38. The molecular weight excluding hydrogens is 266 g/mol. The SMILES string of the molecule is CC(CCS(C)=O)NC(=O)C(=O)N1CCCNCC1. The molecular formula is C12H23N3O3S. The van der Waals surface area contributed by atoms with Crippen molar-refractivity contribution in [2.24, 2.45) is 0 Å². The molecule has 0 aliphatic carbocycles. The molecule has 0 aromatic carbocycles. The third kappa shape index (κ3) is 6.15. The Labute approximate surface area is 116 Å². The molecule has 0 aromatic heterocycles. The first kappa shape index (κ1) is 16.1. The summed E-state index contributed by atoms with van der Waals surface area (Å²) < 4.78 is 11.0. The number of hydrogen-bond donors (Lipinski definition) is 2. The van der Waals surface area contributed by atoms with Gasteiger partial charge in [-0.05, 0) is 26.3 Å². The Kier molecular flexibility index (Phi) is 7.01. The van der Waals surface area contributed by atoms with Gasteiger partial charge in [0.05, 0.1) is 0 Å². The quantitative estimate of drug-likeness (QED) is 0.656. The van der Waals surface area contributed by atoms with E-state index in [1.54, 1.807) is 11.2 Å². The molecule has 0 bridgehead atoms. The maximum absolute atomic E-state index is 12.0. The molecule has 110 valence electrons. The van der Waals surface area contributed by atoms with E-state index >= 15 is 0 Å². The first-order valence-electron chi connectivity index (χ1n) is 6.61. The van der Waals surface area contributed by atoms with Crippen LogP contribution in [0, 0.1) is 0 Å². The molecule has 1 aliphatic rings. The van der Waals surface area contributed by atoms with Crippen LogP contribution in [0.4, 0.5) is 0 Å². The van der Waals surface area contributed by atoms with Crippen LogP contribution in [0.15, 0.2) is 0 Å². The molecule has 2 unspecified atom stereocenters. The van der Waals surface area contributed by atoms with E-state index < -0.39 is 22.6 Å². The van der Waals surface area contributed by atoms with E-state index in [0.717, 1.165) is 19.5 Å². The minimum atomic E-state index is -0.873. The van der Waals surface area contributed by atoms with Crippen LogP contribution < -0.4 is 10.6 Å². The molecule has 1 rings (SSSR count). The van der Waals surface area contributed by atoms with Crippen LogP contribution in [0.5, 0.6) is 0 Å². The van der Waals surface area contributed by atoms with Crippen molar-refractivity contribution < 1.29 is 13.8 Å². The summed E-state index contributed by atoms with van der Waals surface area (Å²) in [5.41, 5.74) is 0. The minimum Gasteiger partial charge on any atom is -0.345 e. The van der Waals surface area contributed by atoms with Gasteiger partial charge in [0.15, 0.2) is 0 Å². The van der Waals surface area contributed by atoms with Crippen molar-refractivity contribution in [1.82, 2.24) is 15.5 Å². The van der Waals surface area contributed by atoms with E-state index in [1.165, 1.54) is 0 Å². The molecule has 0 saturated carbocycles. The highest BCUT2D eigenvalue weighted by Crippen LogP contribution is 1.98.